The van der Waals surface area contributed by atoms with Gasteiger partial charge >= 0.3 is 7.82 Å². The second-order valence-electron chi connectivity index (χ2n) is 15.0. The van der Waals surface area contributed by atoms with E-state index < -0.39 is 20.0 Å². The smallest absolute Gasteiger partial charge is 0.387 e. The van der Waals surface area contributed by atoms with E-state index >= 15 is 0 Å². The Labute approximate surface area is 297 Å². The molecule has 286 valence electrons. The highest BCUT2D eigenvalue weighted by Crippen LogP contribution is 2.43. The van der Waals surface area contributed by atoms with Crippen molar-refractivity contribution in [3.8, 4) is 0 Å². The lowest BCUT2D eigenvalue weighted by atomic mass is 10.0. The van der Waals surface area contributed by atoms with Gasteiger partial charge in [-0.05, 0) is 19.3 Å². The molecule has 0 fully saturated rings. The van der Waals surface area contributed by atoms with Gasteiger partial charge in [0.15, 0.2) is 0 Å². The lowest BCUT2D eigenvalue weighted by Crippen LogP contribution is -2.45. The summed E-state index contributed by atoms with van der Waals surface area (Å²) in [7, 11) is 1.57. The van der Waals surface area contributed by atoms with Gasteiger partial charge in [0.2, 0.25) is 5.91 Å². The van der Waals surface area contributed by atoms with E-state index in [1.165, 1.54) is 128 Å². The summed E-state index contributed by atoms with van der Waals surface area (Å²) in [5, 5.41) is 13.5. The van der Waals surface area contributed by atoms with Crippen molar-refractivity contribution in [2.75, 3.05) is 40.9 Å². The maximum absolute atomic E-state index is 12.3. The number of carbonyl (C=O) groups excluding carboxylic acids is 1. The second kappa shape index (κ2) is 32.2. The molecule has 3 N–H and O–H groups in total. The Bertz CT molecular complexity index is 804. The van der Waals surface area contributed by atoms with Gasteiger partial charge in [-0.2, -0.15) is 0 Å². The molecule has 3 unspecified atom stereocenters. The molecular weight excluding hydrogens is 623 g/mol. The van der Waals surface area contributed by atoms with Gasteiger partial charge in [0.25, 0.3) is 0 Å². The van der Waals surface area contributed by atoms with Crippen molar-refractivity contribution in [3.05, 3.63) is 12.2 Å². The van der Waals surface area contributed by atoms with Crippen LogP contribution in [0.25, 0.3) is 0 Å². The number of hydrogen-bond donors (Lipinski definition) is 3. The first kappa shape index (κ1) is 47.2. The van der Waals surface area contributed by atoms with Gasteiger partial charge < -0.3 is 19.8 Å². The van der Waals surface area contributed by atoms with Crippen LogP contribution in [0.3, 0.4) is 0 Å². The maximum Gasteiger partial charge on any atom is 0.472 e. The predicted molar refractivity (Wildman–Crippen MR) is 203 cm³/mol. The third-order valence-electron chi connectivity index (χ3n) is 9.01. The standard InChI is InChI=1S/C39H79N2O6P/c1-6-8-10-11-12-13-14-15-16-17-18-19-20-21-22-23-24-25-26-27-28-29-30-31-32-38(42)37(40-39(43)33-9-7-2)36-47-48(44,45)46-35-34-41(3,4)5/h31-32,37-38,42H,6-30,33-36H2,1-5H3,(H-,40,43,44,45)/p+1/b32-31+. The van der Waals surface area contributed by atoms with Crippen molar-refractivity contribution in [2.24, 2.45) is 0 Å². The number of allylic oxidation sites excluding steroid dienone is 1. The number of carbonyl (C=O) groups is 1. The van der Waals surface area contributed by atoms with E-state index in [4.69, 9.17) is 9.05 Å². The number of aliphatic hydroxyl groups excluding tert-OH is 1. The molecule has 1 amide bonds. The molecule has 0 bridgehead atoms. The van der Waals surface area contributed by atoms with Crippen LogP contribution in [-0.4, -0.2) is 73.4 Å². The van der Waals surface area contributed by atoms with Crippen LogP contribution >= 0.6 is 7.82 Å². The van der Waals surface area contributed by atoms with Gasteiger partial charge in [-0.1, -0.05) is 167 Å². The highest BCUT2D eigenvalue weighted by Gasteiger charge is 2.27. The molecule has 0 radical (unpaired) electrons. The Kier molecular flexibility index (Phi) is 31.7. The fourth-order valence-corrected chi connectivity index (χ4v) is 6.46. The number of phosphoric ester groups is 1. The Hall–Kier alpha value is -0.760. The minimum atomic E-state index is -4.30. The monoisotopic (exact) mass is 704 g/mol. The number of hydrogen-bond acceptors (Lipinski definition) is 5. The molecule has 0 aromatic heterocycles. The number of unbranched alkanes of at least 4 members (excludes halogenated alkanes) is 23. The quantitative estimate of drug-likeness (QED) is 0.0260. The number of aliphatic hydroxyl groups is 1. The summed E-state index contributed by atoms with van der Waals surface area (Å²) in [6, 6.07) is -0.836. The van der Waals surface area contributed by atoms with Crippen LogP contribution in [0.15, 0.2) is 12.2 Å². The Morgan fingerprint density at radius 3 is 1.52 bits per heavy atom. The maximum atomic E-state index is 12.3. The highest BCUT2D eigenvalue weighted by molar-refractivity contribution is 7.47. The minimum Gasteiger partial charge on any atom is -0.387 e. The molecule has 0 heterocycles. The number of nitrogens with zero attached hydrogens (tertiary/aromatic N) is 1. The van der Waals surface area contributed by atoms with Crippen molar-refractivity contribution in [3.63, 3.8) is 0 Å². The largest absolute Gasteiger partial charge is 0.472 e. The Morgan fingerprint density at radius 1 is 0.688 bits per heavy atom. The average molecular weight is 704 g/mol. The van der Waals surface area contributed by atoms with Crippen molar-refractivity contribution >= 4 is 13.7 Å². The molecule has 0 saturated heterocycles. The molecule has 8 nitrogen and oxygen atoms in total. The first-order valence-electron chi connectivity index (χ1n) is 20.1. The lowest BCUT2D eigenvalue weighted by molar-refractivity contribution is -0.870. The topological polar surface area (TPSA) is 105 Å². The zero-order valence-corrected chi connectivity index (χ0v) is 33.1. The van der Waals surface area contributed by atoms with Crippen LogP contribution in [-0.2, 0) is 18.4 Å². The van der Waals surface area contributed by atoms with Crippen LogP contribution in [0.1, 0.15) is 181 Å². The number of phosphoric acid groups is 1. The van der Waals surface area contributed by atoms with Gasteiger partial charge in [0.1, 0.15) is 13.2 Å². The molecular formula is C39H80N2O6P+. The SMILES string of the molecule is CCCCCCCCCCCCCCCCCCCCCCCC/C=C/C(O)C(COP(=O)(O)OCC[N+](C)(C)C)NC(=O)CCCC. The molecule has 0 aliphatic carbocycles. The van der Waals surface area contributed by atoms with Gasteiger partial charge in [0.05, 0.1) is 39.9 Å². The second-order valence-corrected chi connectivity index (χ2v) is 16.5. The molecule has 3 atom stereocenters. The summed E-state index contributed by atoms with van der Waals surface area (Å²) in [6.45, 7) is 4.57. The van der Waals surface area contributed by atoms with Gasteiger partial charge in [-0.25, -0.2) is 4.57 Å². The van der Waals surface area contributed by atoms with E-state index in [2.05, 4.69) is 12.2 Å². The third kappa shape index (κ3) is 33.7. The fraction of sp³-hybridized carbons (Fsp3) is 0.923. The van der Waals surface area contributed by atoms with Gasteiger partial charge in [-0.15, -0.1) is 0 Å². The Morgan fingerprint density at radius 2 is 1.10 bits per heavy atom. The number of quaternary nitrogens is 1. The van der Waals surface area contributed by atoms with Crippen LogP contribution < -0.4 is 5.32 Å². The van der Waals surface area contributed by atoms with Crippen molar-refractivity contribution in [1.29, 1.82) is 0 Å². The van der Waals surface area contributed by atoms with Gasteiger partial charge in [-0.3, -0.25) is 13.8 Å². The van der Waals surface area contributed by atoms with Crippen molar-refractivity contribution in [2.45, 2.75) is 193 Å². The summed E-state index contributed by atoms with van der Waals surface area (Å²) >= 11 is 0. The lowest BCUT2D eigenvalue weighted by Gasteiger charge is -2.25. The van der Waals surface area contributed by atoms with Crippen LogP contribution in [0.2, 0.25) is 0 Å². The normalized spacial score (nSPS) is 14.7. The Balaban J connectivity index is 3.94. The number of nitrogens with one attached hydrogen (secondary N) is 1. The minimum absolute atomic E-state index is 0.0623. The molecule has 9 heteroatoms. The molecule has 0 saturated carbocycles. The number of amides is 1. The molecule has 0 aliphatic heterocycles. The molecule has 0 aromatic carbocycles. The summed E-state index contributed by atoms with van der Waals surface area (Å²) < 4.78 is 23.2. The zero-order valence-electron chi connectivity index (χ0n) is 32.2. The van der Waals surface area contributed by atoms with Crippen LogP contribution in [0.5, 0.6) is 0 Å². The van der Waals surface area contributed by atoms with Crippen molar-refractivity contribution < 1.29 is 32.9 Å². The first-order chi connectivity index (χ1) is 23.0. The van der Waals surface area contributed by atoms with Gasteiger partial charge in [0, 0.05) is 6.42 Å². The zero-order chi connectivity index (χ0) is 35.8. The summed E-state index contributed by atoms with van der Waals surface area (Å²) in [5.74, 6) is -0.212. The summed E-state index contributed by atoms with van der Waals surface area (Å²) in [6.07, 6.45) is 35.4. The van der Waals surface area contributed by atoms with Crippen LogP contribution in [0, 0.1) is 0 Å². The number of rotatable bonds is 36. The highest BCUT2D eigenvalue weighted by atomic mass is 31.2. The average Bonchev–Trinajstić information content (AvgIpc) is 3.03. The third-order valence-corrected chi connectivity index (χ3v) is 9.99. The van der Waals surface area contributed by atoms with E-state index in [9.17, 15) is 19.4 Å². The van der Waals surface area contributed by atoms with E-state index in [1.54, 1.807) is 6.08 Å². The molecule has 0 rings (SSSR count). The first-order valence-corrected chi connectivity index (χ1v) is 21.6. The van der Waals surface area contributed by atoms with Crippen LogP contribution in [0.4, 0.5) is 0 Å². The summed E-state index contributed by atoms with van der Waals surface area (Å²) in [4.78, 5) is 22.4. The predicted octanol–water partition coefficient (Wildman–Crippen LogP) is 10.4. The van der Waals surface area contributed by atoms with E-state index in [0.29, 0.717) is 17.4 Å². The fourth-order valence-electron chi connectivity index (χ4n) is 5.72. The van der Waals surface area contributed by atoms with Crippen molar-refractivity contribution in [1.82, 2.24) is 5.32 Å². The molecule has 0 aromatic rings. The van der Waals surface area contributed by atoms with E-state index in [1.807, 2.05) is 34.1 Å². The molecule has 0 spiro atoms. The van der Waals surface area contributed by atoms with E-state index in [0.717, 1.165) is 32.1 Å². The number of likely N-dealkylation sites (N-methyl/N-ethyl adjacent to an activating group) is 1. The van der Waals surface area contributed by atoms with E-state index in [-0.39, 0.29) is 19.1 Å². The molecule has 48 heavy (non-hydrogen) atoms. The molecule has 0 aliphatic rings. The summed E-state index contributed by atoms with van der Waals surface area (Å²) in [5.41, 5.74) is 0.